The molecule has 0 fully saturated rings. The summed E-state index contributed by atoms with van der Waals surface area (Å²) in [5, 5.41) is 0.366. The SMILES string of the molecule is CCOC(=O)CC1Oc2cc(C)ccc2N(Cc2nc3c(F)ccc(F)c3s2)C1=O. The number of halogens is 2. The minimum absolute atomic E-state index is 0.00416. The Hall–Kier alpha value is -3.07. The number of anilines is 1. The molecule has 0 bridgehead atoms. The van der Waals surface area contributed by atoms with Crippen molar-refractivity contribution in [2.45, 2.75) is 32.9 Å². The fourth-order valence-corrected chi connectivity index (χ4v) is 4.26. The normalized spacial score (nSPS) is 15.8. The first-order chi connectivity index (χ1) is 14.4. The molecule has 1 atom stereocenters. The van der Waals surface area contributed by atoms with Crippen LogP contribution in [0.5, 0.6) is 5.75 Å². The summed E-state index contributed by atoms with van der Waals surface area (Å²) in [4.78, 5) is 30.6. The minimum Gasteiger partial charge on any atom is -0.478 e. The Morgan fingerprint density at radius 2 is 2.03 bits per heavy atom. The second-order valence-electron chi connectivity index (χ2n) is 6.83. The summed E-state index contributed by atoms with van der Waals surface area (Å²) in [6, 6.07) is 7.40. The summed E-state index contributed by atoms with van der Waals surface area (Å²) in [7, 11) is 0. The van der Waals surface area contributed by atoms with Gasteiger partial charge >= 0.3 is 5.97 Å². The standard InChI is InChI=1S/C21H18F2N2O4S/c1-3-28-18(26)9-16-21(27)25(14-7-4-11(2)8-15(14)29-16)10-17-24-19-12(22)5-6-13(23)20(19)30-17/h4-8,16H,3,9-10H2,1-2H3. The van der Waals surface area contributed by atoms with E-state index in [2.05, 4.69) is 4.98 Å². The van der Waals surface area contributed by atoms with E-state index in [0.29, 0.717) is 16.4 Å². The van der Waals surface area contributed by atoms with E-state index in [9.17, 15) is 18.4 Å². The maximum atomic E-state index is 14.0. The van der Waals surface area contributed by atoms with Crippen LogP contribution in [0.4, 0.5) is 14.5 Å². The number of amides is 1. The molecule has 0 saturated carbocycles. The molecule has 1 unspecified atom stereocenters. The molecule has 1 aliphatic heterocycles. The molecule has 4 rings (SSSR count). The molecule has 0 aliphatic carbocycles. The van der Waals surface area contributed by atoms with Gasteiger partial charge in [-0.2, -0.15) is 0 Å². The van der Waals surface area contributed by atoms with Gasteiger partial charge in [0.25, 0.3) is 5.91 Å². The van der Waals surface area contributed by atoms with Crippen LogP contribution in [0.25, 0.3) is 10.2 Å². The van der Waals surface area contributed by atoms with Crippen molar-refractivity contribution in [3.63, 3.8) is 0 Å². The number of rotatable bonds is 5. The molecule has 1 aliphatic rings. The van der Waals surface area contributed by atoms with Gasteiger partial charge in [0.1, 0.15) is 22.1 Å². The molecule has 9 heteroatoms. The number of carbonyl (C=O) groups is 2. The smallest absolute Gasteiger partial charge is 0.310 e. The van der Waals surface area contributed by atoms with Crippen LogP contribution in [0, 0.1) is 18.6 Å². The summed E-state index contributed by atoms with van der Waals surface area (Å²) in [5.74, 6) is -1.74. The molecular weight excluding hydrogens is 414 g/mol. The number of hydrogen-bond donors (Lipinski definition) is 0. The van der Waals surface area contributed by atoms with Crippen LogP contribution < -0.4 is 9.64 Å². The third kappa shape index (κ3) is 3.72. The number of ether oxygens (including phenoxy) is 2. The number of esters is 1. The molecule has 2 aromatic carbocycles. The van der Waals surface area contributed by atoms with E-state index in [1.165, 1.54) is 4.90 Å². The molecule has 0 saturated heterocycles. The van der Waals surface area contributed by atoms with Crippen LogP contribution in [0.2, 0.25) is 0 Å². The highest BCUT2D eigenvalue weighted by molar-refractivity contribution is 7.18. The zero-order valence-electron chi connectivity index (χ0n) is 16.3. The van der Waals surface area contributed by atoms with Crippen molar-refractivity contribution in [2.75, 3.05) is 11.5 Å². The number of thiazole rings is 1. The maximum absolute atomic E-state index is 14.0. The molecule has 3 aromatic rings. The van der Waals surface area contributed by atoms with E-state index in [1.54, 1.807) is 19.1 Å². The number of fused-ring (bicyclic) bond motifs is 2. The second kappa shape index (κ2) is 7.98. The fraction of sp³-hybridized carbons (Fsp3) is 0.286. The van der Waals surface area contributed by atoms with E-state index < -0.39 is 29.6 Å². The Morgan fingerprint density at radius 3 is 2.77 bits per heavy atom. The van der Waals surface area contributed by atoms with Gasteiger partial charge in [0.2, 0.25) is 0 Å². The lowest BCUT2D eigenvalue weighted by atomic mass is 10.1. The van der Waals surface area contributed by atoms with Crippen molar-refractivity contribution in [1.82, 2.24) is 4.98 Å². The van der Waals surface area contributed by atoms with Crippen LogP contribution >= 0.6 is 11.3 Å². The largest absolute Gasteiger partial charge is 0.478 e. The van der Waals surface area contributed by atoms with E-state index in [1.807, 2.05) is 13.0 Å². The lowest BCUT2D eigenvalue weighted by Gasteiger charge is -2.33. The molecule has 30 heavy (non-hydrogen) atoms. The van der Waals surface area contributed by atoms with Crippen molar-refractivity contribution in [2.24, 2.45) is 0 Å². The van der Waals surface area contributed by atoms with Gasteiger partial charge in [0.15, 0.2) is 11.9 Å². The highest BCUT2D eigenvalue weighted by Crippen LogP contribution is 2.37. The second-order valence-corrected chi connectivity index (χ2v) is 7.91. The fourth-order valence-electron chi connectivity index (χ4n) is 3.29. The number of nitrogens with zero attached hydrogens (tertiary/aromatic N) is 2. The van der Waals surface area contributed by atoms with Crippen molar-refractivity contribution in [1.29, 1.82) is 0 Å². The molecule has 0 radical (unpaired) electrons. The summed E-state index contributed by atoms with van der Waals surface area (Å²) in [6.45, 7) is 3.75. The average Bonchev–Trinajstić information content (AvgIpc) is 3.13. The van der Waals surface area contributed by atoms with Crippen molar-refractivity contribution >= 4 is 39.1 Å². The third-order valence-electron chi connectivity index (χ3n) is 4.66. The predicted octanol–water partition coefficient (Wildman–Crippen LogP) is 4.13. The zero-order chi connectivity index (χ0) is 21.4. The van der Waals surface area contributed by atoms with E-state index in [0.717, 1.165) is 29.0 Å². The quantitative estimate of drug-likeness (QED) is 0.567. The Morgan fingerprint density at radius 1 is 1.27 bits per heavy atom. The Kier molecular flexibility index (Phi) is 5.38. The average molecular weight is 432 g/mol. The molecule has 1 amide bonds. The molecule has 0 spiro atoms. The van der Waals surface area contributed by atoms with Gasteiger partial charge in [-0.25, -0.2) is 13.8 Å². The number of aromatic nitrogens is 1. The van der Waals surface area contributed by atoms with Gasteiger partial charge in [-0.15, -0.1) is 11.3 Å². The number of carbonyl (C=O) groups excluding carboxylic acids is 2. The summed E-state index contributed by atoms with van der Waals surface area (Å²) in [5.41, 5.74) is 1.36. The lowest BCUT2D eigenvalue weighted by molar-refractivity contribution is -0.147. The Bertz CT molecular complexity index is 1110. The Labute approximate surface area is 175 Å². The van der Waals surface area contributed by atoms with E-state index in [4.69, 9.17) is 9.47 Å². The van der Waals surface area contributed by atoms with E-state index >= 15 is 0 Å². The van der Waals surface area contributed by atoms with Crippen LogP contribution in [0.3, 0.4) is 0 Å². The van der Waals surface area contributed by atoms with E-state index in [-0.39, 0.29) is 29.8 Å². The number of aryl methyl sites for hydroxylation is 1. The first kappa shape index (κ1) is 20.2. The van der Waals surface area contributed by atoms with Gasteiger partial charge in [-0.3, -0.25) is 14.5 Å². The van der Waals surface area contributed by atoms with Gasteiger partial charge < -0.3 is 9.47 Å². The summed E-state index contributed by atoms with van der Waals surface area (Å²) >= 11 is 0.982. The van der Waals surface area contributed by atoms with Gasteiger partial charge in [0, 0.05) is 0 Å². The molecule has 1 aromatic heterocycles. The first-order valence-electron chi connectivity index (χ1n) is 9.35. The minimum atomic E-state index is -1.05. The molecule has 0 N–H and O–H groups in total. The number of hydrogen-bond acceptors (Lipinski definition) is 6. The highest BCUT2D eigenvalue weighted by Gasteiger charge is 2.37. The van der Waals surface area contributed by atoms with Gasteiger partial charge in [0.05, 0.1) is 30.0 Å². The topological polar surface area (TPSA) is 68.7 Å². The van der Waals surface area contributed by atoms with Crippen molar-refractivity contribution in [3.05, 3.63) is 52.5 Å². The first-order valence-corrected chi connectivity index (χ1v) is 10.2. The summed E-state index contributed by atoms with van der Waals surface area (Å²) < 4.78 is 38.9. The maximum Gasteiger partial charge on any atom is 0.310 e. The molecular formula is C21H18F2N2O4S. The number of benzene rings is 2. The van der Waals surface area contributed by atoms with Crippen molar-refractivity contribution < 1.29 is 27.8 Å². The lowest BCUT2D eigenvalue weighted by Crippen LogP contribution is -2.46. The van der Waals surface area contributed by atoms with Gasteiger partial charge in [-0.1, -0.05) is 6.07 Å². The zero-order valence-corrected chi connectivity index (χ0v) is 17.1. The third-order valence-corrected chi connectivity index (χ3v) is 5.71. The van der Waals surface area contributed by atoms with Crippen molar-refractivity contribution in [3.8, 4) is 5.75 Å². The van der Waals surface area contributed by atoms with Gasteiger partial charge in [-0.05, 0) is 43.7 Å². The van der Waals surface area contributed by atoms with Crippen LogP contribution in [-0.4, -0.2) is 29.6 Å². The summed E-state index contributed by atoms with van der Waals surface area (Å²) in [6.07, 6.45) is -1.29. The Balaban J connectivity index is 1.70. The predicted molar refractivity (Wildman–Crippen MR) is 108 cm³/mol. The van der Waals surface area contributed by atoms with Crippen LogP contribution in [-0.2, 0) is 20.9 Å². The molecule has 6 nitrogen and oxygen atoms in total. The monoisotopic (exact) mass is 432 g/mol. The highest BCUT2D eigenvalue weighted by atomic mass is 32.1. The van der Waals surface area contributed by atoms with Crippen LogP contribution in [0.1, 0.15) is 23.9 Å². The van der Waals surface area contributed by atoms with Crippen LogP contribution in [0.15, 0.2) is 30.3 Å². The molecule has 156 valence electrons. The molecule has 2 heterocycles.